The molecule has 0 saturated carbocycles. The zero-order chi connectivity index (χ0) is 8.67. The van der Waals surface area contributed by atoms with Gasteiger partial charge in [-0.1, -0.05) is 39.9 Å². The van der Waals surface area contributed by atoms with Gasteiger partial charge >= 0.3 is 26.2 Å². The van der Waals surface area contributed by atoms with Crippen molar-refractivity contribution in [3.63, 3.8) is 0 Å². The van der Waals surface area contributed by atoms with Crippen LogP contribution < -0.4 is 37.2 Å². The van der Waals surface area contributed by atoms with Crippen molar-refractivity contribution in [3.05, 3.63) is 48.5 Å². The molecule has 0 N–H and O–H groups in total. The molecule has 0 fully saturated rings. The third kappa shape index (κ3) is 3.73. The summed E-state index contributed by atoms with van der Waals surface area (Å²) in [6, 6.07) is 18.2. The van der Waals surface area contributed by atoms with Crippen LogP contribution >= 0.6 is 8.19 Å². The van der Waals surface area contributed by atoms with E-state index in [0.29, 0.717) is 0 Å². The maximum atomic E-state index is 3.31. The summed E-state index contributed by atoms with van der Waals surface area (Å²) >= 11 is 0. The van der Waals surface area contributed by atoms with E-state index in [0.717, 1.165) is 8.19 Å². The summed E-state index contributed by atoms with van der Waals surface area (Å²) in [4.78, 5) is 0. The fourth-order valence-corrected chi connectivity index (χ4v) is 3.04. The van der Waals surface area contributed by atoms with Crippen LogP contribution in [0.2, 0.25) is 0 Å². The molecule has 1 unspecified atom stereocenters. The average Bonchev–Trinajstić information content (AvgIpc) is 2.56. The number of hydrogen-bond donors (Lipinski definition) is 0. The predicted molar refractivity (Wildman–Crippen MR) is 59.8 cm³/mol. The molecule has 0 nitrogen and oxygen atoms in total. The van der Waals surface area contributed by atoms with Gasteiger partial charge in [-0.05, 0) is 0 Å². The molecule has 0 saturated heterocycles. The van der Waals surface area contributed by atoms with Gasteiger partial charge in [0.15, 0.2) is 0 Å². The van der Waals surface area contributed by atoms with Crippen molar-refractivity contribution in [1.82, 2.24) is 0 Å². The van der Waals surface area contributed by atoms with Crippen molar-refractivity contribution in [3.8, 4) is 0 Å². The third-order valence-electron chi connectivity index (χ3n) is 2.32. The Balaban J connectivity index is 0. The Bertz CT molecular complexity index is 530. The molecule has 1 atom stereocenters. The topological polar surface area (TPSA) is 0 Å². The molecule has 17 heavy (non-hydrogen) atoms. The SMILES string of the molecule is [Cl-].[Cl-].[Cl-].[Zr+4].[c-]1cccc2[pH]c3ccccc3c12. The summed E-state index contributed by atoms with van der Waals surface area (Å²) in [5.41, 5.74) is 0. The van der Waals surface area contributed by atoms with Crippen molar-refractivity contribution in [2.24, 2.45) is 0 Å². The van der Waals surface area contributed by atoms with Crippen molar-refractivity contribution in [2.75, 3.05) is 0 Å². The van der Waals surface area contributed by atoms with Gasteiger partial charge < -0.3 is 37.2 Å². The van der Waals surface area contributed by atoms with Gasteiger partial charge in [0.05, 0.1) is 0 Å². The van der Waals surface area contributed by atoms with Crippen LogP contribution in [-0.2, 0) is 26.2 Å². The summed E-state index contributed by atoms with van der Waals surface area (Å²) in [6.45, 7) is 0. The Morgan fingerprint density at radius 3 is 2.24 bits per heavy atom. The quantitative estimate of drug-likeness (QED) is 0.342. The van der Waals surface area contributed by atoms with E-state index < -0.39 is 0 Å². The van der Waals surface area contributed by atoms with E-state index in [9.17, 15) is 0 Å². The molecule has 3 aromatic rings. The Morgan fingerprint density at radius 2 is 1.47 bits per heavy atom. The van der Waals surface area contributed by atoms with Gasteiger partial charge in [-0.2, -0.15) is 8.19 Å². The molecule has 1 heterocycles. The summed E-state index contributed by atoms with van der Waals surface area (Å²) in [5.74, 6) is 0. The largest absolute Gasteiger partial charge is 4.00 e. The number of rotatable bonds is 0. The minimum Gasteiger partial charge on any atom is -1.00 e. The molecule has 0 bridgehead atoms. The first kappa shape index (κ1) is 19.8. The van der Waals surface area contributed by atoms with Gasteiger partial charge in [-0.3, -0.25) is 0 Å². The monoisotopic (exact) mass is 378 g/mol. The second kappa shape index (κ2) is 8.57. The Morgan fingerprint density at radius 1 is 0.824 bits per heavy atom. The van der Waals surface area contributed by atoms with E-state index in [-0.39, 0.29) is 63.4 Å². The maximum Gasteiger partial charge on any atom is 4.00 e. The van der Waals surface area contributed by atoms with E-state index in [4.69, 9.17) is 0 Å². The van der Waals surface area contributed by atoms with Crippen molar-refractivity contribution in [2.45, 2.75) is 0 Å². The zero-order valence-corrected chi connectivity index (χ0v) is 14.4. The minimum atomic E-state index is 0. The van der Waals surface area contributed by atoms with Crippen LogP contribution in [0, 0.1) is 6.07 Å². The van der Waals surface area contributed by atoms with E-state index in [1.165, 1.54) is 21.0 Å². The van der Waals surface area contributed by atoms with Crippen LogP contribution in [0.25, 0.3) is 21.0 Å². The van der Waals surface area contributed by atoms with Crippen LogP contribution in [0.3, 0.4) is 0 Å². The van der Waals surface area contributed by atoms with Crippen molar-refractivity contribution in [1.29, 1.82) is 0 Å². The van der Waals surface area contributed by atoms with Gasteiger partial charge in [0.1, 0.15) is 0 Å². The molecule has 1 aromatic heterocycles. The molecule has 5 heteroatoms. The fraction of sp³-hybridized carbons (Fsp3) is 0. The summed E-state index contributed by atoms with van der Waals surface area (Å²) in [7, 11) is 0.820. The predicted octanol–water partition coefficient (Wildman–Crippen LogP) is -5.17. The van der Waals surface area contributed by atoms with Gasteiger partial charge in [0, 0.05) is 0 Å². The second-order valence-electron chi connectivity index (χ2n) is 3.13. The molecule has 0 aliphatic rings. The molecule has 86 valence electrons. The van der Waals surface area contributed by atoms with Crippen molar-refractivity contribution >= 4 is 29.2 Å². The Kier molecular flexibility index (Phi) is 9.99. The van der Waals surface area contributed by atoms with Gasteiger partial charge in [-0.15, -0.1) is 29.7 Å². The van der Waals surface area contributed by atoms with Crippen LogP contribution in [0.5, 0.6) is 0 Å². The Labute approximate surface area is 140 Å². The average molecular weight is 381 g/mol. The number of halogens is 3. The Hall–Kier alpha value is 0.493. The molecular weight excluding hydrogens is 373 g/mol. The van der Waals surface area contributed by atoms with Crippen molar-refractivity contribution < 1.29 is 63.4 Å². The smallest absolute Gasteiger partial charge is 1.00 e. The molecule has 3 rings (SSSR count). The first-order valence-electron chi connectivity index (χ1n) is 4.32. The van der Waals surface area contributed by atoms with Gasteiger partial charge in [0.25, 0.3) is 0 Å². The maximum absolute atomic E-state index is 3.31. The normalized spacial score (nSPS) is 8.94. The first-order chi connectivity index (χ1) is 6.45. The van der Waals surface area contributed by atoms with E-state index in [1.54, 1.807) is 0 Å². The summed E-state index contributed by atoms with van der Waals surface area (Å²) in [6.07, 6.45) is 0. The van der Waals surface area contributed by atoms with Crippen LogP contribution in [-0.4, -0.2) is 0 Å². The van der Waals surface area contributed by atoms with Crippen LogP contribution in [0.1, 0.15) is 0 Å². The van der Waals surface area contributed by atoms with E-state index in [2.05, 4.69) is 42.5 Å². The summed E-state index contributed by atoms with van der Waals surface area (Å²) in [5, 5.41) is 5.57. The molecule has 0 radical (unpaired) electrons. The van der Waals surface area contributed by atoms with Gasteiger partial charge in [-0.25, -0.2) is 0 Å². The minimum absolute atomic E-state index is 0. The van der Waals surface area contributed by atoms with E-state index in [1.807, 2.05) is 6.07 Å². The third-order valence-corrected chi connectivity index (χ3v) is 3.71. The molecule has 0 amide bonds. The number of fused-ring (bicyclic) bond motifs is 3. The zero-order valence-electron chi connectivity index (χ0n) is 8.68. The number of hydrogen-bond acceptors (Lipinski definition) is 0. The molecule has 0 aliphatic carbocycles. The number of benzene rings is 2. The standard InChI is InChI=1S/C12H8P.3ClH.Zr/c1-3-7-11-9(5-1)10-6-2-4-8-12(10)13-11;;;;/h1-5,7-8,13H;3*1H;/q-1;;;;+4/p-3. The first-order valence-corrected chi connectivity index (χ1v) is 5.32. The summed E-state index contributed by atoms with van der Waals surface area (Å²) < 4.78 is 0. The fourth-order valence-electron chi connectivity index (χ4n) is 1.72. The van der Waals surface area contributed by atoms with E-state index >= 15 is 0 Å². The van der Waals surface area contributed by atoms with Gasteiger partial charge in [0.2, 0.25) is 0 Å². The van der Waals surface area contributed by atoms with Crippen LogP contribution in [0.15, 0.2) is 42.5 Å². The molecule has 0 aliphatic heterocycles. The molecule has 2 aromatic carbocycles. The second-order valence-corrected chi connectivity index (χ2v) is 4.46. The molecule has 0 spiro atoms. The molecular formula is C12H8Cl3PZr. The van der Waals surface area contributed by atoms with Crippen LogP contribution in [0.4, 0.5) is 0 Å².